The third-order valence-corrected chi connectivity index (χ3v) is 3.09. The monoisotopic (exact) mass is 235 g/mol. The molecular weight excluding hydrogens is 222 g/mol. The highest BCUT2D eigenvalue weighted by molar-refractivity contribution is 6.10. The zero-order chi connectivity index (χ0) is 12.5. The molecule has 3 heteroatoms. The van der Waals surface area contributed by atoms with Crippen LogP contribution in [0.15, 0.2) is 54.6 Å². The van der Waals surface area contributed by atoms with Gasteiger partial charge in [-0.2, -0.15) is 0 Å². The molecule has 0 aliphatic heterocycles. The Kier molecular flexibility index (Phi) is 2.38. The molecule has 18 heavy (non-hydrogen) atoms. The zero-order valence-electron chi connectivity index (χ0n) is 9.80. The Labute approximate surface area is 105 Å². The Bertz CT molecular complexity index is 712. The predicted octanol–water partition coefficient (Wildman–Crippen LogP) is 3.20. The van der Waals surface area contributed by atoms with E-state index in [-0.39, 0.29) is 0 Å². The van der Waals surface area contributed by atoms with Crippen molar-refractivity contribution in [2.24, 2.45) is 5.73 Å². The molecule has 0 aliphatic carbocycles. The largest absolute Gasteiger partial charge is 0.385 e. The van der Waals surface area contributed by atoms with Crippen LogP contribution in [0.2, 0.25) is 0 Å². The number of nitrogens with one attached hydrogen (secondary N) is 1. The maximum atomic E-state index is 7.16. The lowest BCUT2D eigenvalue weighted by atomic mass is 10.2. The highest BCUT2D eigenvalue weighted by Crippen LogP contribution is 2.29. The number of hydrogen-bond acceptors (Lipinski definition) is 2. The van der Waals surface area contributed by atoms with Crippen molar-refractivity contribution < 1.29 is 0 Å². The first-order chi connectivity index (χ1) is 8.83. The molecule has 0 fully saturated rings. The van der Waals surface area contributed by atoms with E-state index >= 15 is 0 Å². The van der Waals surface area contributed by atoms with E-state index in [0.29, 0.717) is 5.82 Å². The molecule has 0 bridgehead atoms. The van der Waals surface area contributed by atoms with Crippen molar-refractivity contribution in [3.05, 3.63) is 54.6 Å². The molecule has 0 unspecified atom stereocenters. The summed E-state index contributed by atoms with van der Waals surface area (Å²) < 4.78 is 1.98. The van der Waals surface area contributed by atoms with Crippen molar-refractivity contribution in [3.63, 3.8) is 0 Å². The van der Waals surface area contributed by atoms with E-state index in [9.17, 15) is 0 Å². The van der Waals surface area contributed by atoms with E-state index in [1.807, 2.05) is 41.0 Å². The maximum absolute atomic E-state index is 7.16. The van der Waals surface area contributed by atoms with Gasteiger partial charge in [-0.3, -0.25) is 4.57 Å². The Morgan fingerprint density at radius 1 is 0.944 bits per heavy atom. The van der Waals surface area contributed by atoms with Gasteiger partial charge in [0, 0.05) is 17.0 Å². The second kappa shape index (κ2) is 4.04. The van der Waals surface area contributed by atoms with Gasteiger partial charge >= 0.3 is 0 Å². The first kappa shape index (κ1) is 10.6. The van der Waals surface area contributed by atoms with Crippen molar-refractivity contribution in [3.8, 4) is 0 Å². The summed E-state index contributed by atoms with van der Waals surface area (Å²) >= 11 is 0. The highest BCUT2D eigenvalue weighted by Gasteiger charge is 2.10. The van der Waals surface area contributed by atoms with Gasteiger partial charge in [-0.25, -0.2) is 0 Å². The van der Waals surface area contributed by atoms with Gasteiger partial charge < -0.3 is 11.1 Å². The summed E-state index contributed by atoms with van der Waals surface area (Å²) in [4.78, 5) is 0. The lowest BCUT2D eigenvalue weighted by molar-refractivity contribution is 1.18. The number of rotatable bonds is 2. The van der Waals surface area contributed by atoms with Gasteiger partial charge in [-0.05, 0) is 18.2 Å². The Hall–Kier alpha value is -2.55. The van der Waals surface area contributed by atoms with E-state index in [1.54, 1.807) is 6.08 Å². The lowest BCUT2D eigenvalue weighted by Gasteiger charge is -2.06. The zero-order valence-corrected chi connectivity index (χ0v) is 9.80. The van der Waals surface area contributed by atoms with Crippen LogP contribution in [0.5, 0.6) is 0 Å². The van der Waals surface area contributed by atoms with E-state index in [1.165, 1.54) is 17.0 Å². The topological polar surface area (TPSA) is 54.8 Å². The second-order valence-corrected chi connectivity index (χ2v) is 4.13. The third kappa shape index (κ3) is 1.41. The average molecular weight is 235 g/mol. The molecule has 0 saturated heterocycles. The molecule has 0 atom stereocenters. The summed E-state index contributed by atoms with van der Waals surface area (Å²) in [6, 6.07) is 16.3. The number of nitrogens with two attached hydrogens (primary N) is 1. The number of aromatic nitrogens is 1. The van der Waals surface area contributed by atoms with Crippen LogP contribution in [0.25, 0.3) is 27.6 Å². The summed E-state index contributed by atoms with van der Waals surface area (Å²) in [6.45, 7) is 0. The number of allylic oxidation sites excluding steroid dienone is 1. The number of nitrogens with zero attached hydrogens (tertiary/aromatic N) is 1. The number of hydrogen-bond donors (Lipinski definition) is 2. The van der Waals surface area contributed by atoms with Crippen LogP contribution in [0, 0.1) is 5.41 Å². The Morgan fingerprint density at radius 2 is 1.44 bits per heavy atom. The molecule has 0 aliphatic rings. The molecule has 0 saturated carbocycles. The van der Waals surface area contributed by atoms with E-state index in [0.717, 1.165) is 11.0 Å². The summed E-state index contributed by atoms with van der Waals surface area (Å²) in [6.07, 6.45) is 2.80. The van der Waals surface area contributed by atoms with Crippen LogP contribution in [0.1, 0.15) is 0 Å². The molecule has 1 aromatic heterocycles. The maximum Gasteiger partial charge on any atom is 0.109 e. The predicted molar refractivity (Wildman–Crippen MR) is 76.7 cm³/mol. The Balaban J connectivity index is 2.53. The van der Waals surface area contributed by atoms with Crippen molar-refractivity contribution in [2.75, 3.05) is 0 Å². The lowest BCUT2D eigenvalue weighted by Crippen LogP contribution is -2.05. The summed E-state index contributed by atoms with van der Waals surface area (Å²) in [7, 11) is 0. The number of para-hydroxylation sites is 2. The van der Waals surface area contributed by atoms with Crippen LogP contribution in [0.3, 0.4) is 0 Å². The number of fused-ring (bicyclic) bond motifs is 3. The number of benzene rings is 2. The molecular formula is C15H13N3. The van der Waals surface area contributed by atoms with E-state index in [4.69, 9.17) is 11.1 Å². The van der Waals surface area contributed by atoms with Gasteiger partial charge in [-0.15, -0.1) is 0 Å². The van der Waals surface area contributed by atoms with Gasteiger partial charge in [0.05, 0.1) is 11.0 Å². The fraction of sp³-hybridized carbons (Fsp3) is 0. The summed E-state index contributed by atoms with van der Waals surface area (Å²) in [5, 5.41) is 9.51. The average Bonchev–Trinajstić information content (AvgIpc) is 2.73. The fourth-order valence-electron chi connectivity index (χ4n) is 2.36. The smallest absolute Gasteiger partial charge is 0.109 e. The molecule has 0 radical (unpaired) electrons. The van der Waals surface area contributed by atoms with Crippen LogP contribution < -0.4 is 5.73 Å². The minimum Gasteiger partial charge on any atom is -0.385 e. The van der Waals surface area contributed by atoms with Gasteiger partial charge in [0.15, 0.2) is 0 Å². The van der Waals surface area contributed by atoms with Gasteiger partial charge in [-0.1, -0.05) is 36.4 Å². The standard InChI is InChI=1S/C15H13N3/c16-10-9-15(17)18-13-7-3-1-5-11(13)12-6-2-4-8-14(12)18/h1-10,16H,17H2. The van der Waals surface area contributed by atoms with Crippen LogP contribution in [0.4, 0.5) is 0 Å². The molecule has 0 spiro atoms. The SMILES string of the molecule is N=CC=C(N)n1c2ccccc2c2ccccc21. The molecule has 1 heterocycles. The van der Waals surface area contributed by atoms with Crippen molar-refractivity contribution in [1.82, 2.24) is 4.57 Å². The van der Waals surface area contributed by atoms with Crippen molar-refractivity contribution in [2.45, 2.75) is 0 Å². The van der Waals surface area contributed by atoms with E-state index < -0.39 is 0 Å². The van der Waals surface area contributed by atoms with Crippen molar-refractivity contribution >= 4 is 33.8 Å². The molecule has 3 aromatic rings. The van der Waals surface area contributed by atoms with Crippen LogP contribution >= 0.6 is 0 Å². The molecule has 3 N–H and O–H groups in total. The molecule has 3 rings (SSSR count). The van der Waals surface area contributed by atoms with Gasteiger partial charge in [0.1, 0.15) is 5.82 Å². The molecule has 88 valence electrons. The highest BCUT2D eigenvalue weighted by atomic mass is 15.1. The first-order valence-corrected chi connectivity index (χ1v) is 5.77. The minimum absolute atomic E-state index is 0.558. The Morgan fingerprint density at radius 3 is 1.94 bits per heavy atom. The van der Waals surface area contributed by atoms with Crippen LogP contribution in [-0.4, -0.2) is 10.8 Å². The summed E-state index contributed by atoms with van der Waals surface area (Å²) in [5.74, 6) is 0.558. The molecule has 2 aromatic carbocycles. The fourth-order valence-corrected chi connectivity index (χ4v) is 2.36. The van der Waals surface area contributed by atoms with Gasteiger partial charge in [0.2, 0.25) is 0 Å². The minimum atomic E-state index is 0.558. The van der Waals surface area contributed by atoms with Crippen molar-refractivity contribution in [1.29, 1.82) is 5.41 Å². The third-order valence-electron chi connectivity index (χ3n) is 3.09. The summed E-state index contributed by atoms with van der Waals surface area (Å²) in [5.41, 5.74) is 8.18. The second-order valence-electron chi connectivity index (χ2n) is 4.13. The first-order valence-electron chi connectivity index (χ1n) is 5.77. The van der Waals surface area contributed by atoms with E-state index in [2.05, 4.69) is 12.1 Å². The molecule has 3 nitrogen and oxygen atoms in total. The van der Waals surface area contributed by atoms with Crippen LogP contribution in [-0.2, 0) is 0 Å². The normalized spacial score (nSPS) is 12.1. The molecule has 0 amide bonds. The quantitative estimate of drug-likeness (QED) is 0.658. The van der Waals surface area contributed by atoms with Gasteiger partial charge in [0.25, 0.3) is 0 Å².